The molecule has 0 amide bonds. The zero-order valence-electron chi connectivity index (χ0n) is 12.0. The monoisotopic (exact) mass is 298 g/mol. The molecule has 112 valence electrons. The van der Waals surface area contributed by atoms with E-state index in [-0.39, 0.29) is 15.0 Å². The zero-order chi connectivity index (χ0) is 14.5. The molecule has 1 aromatic carbocycles. The Morgan fingerprint density at radius 3 is 2.60 bits per heavy atom. The summed E-state index contributed by atoms with van der Waals surface area (Å²) in [6, 6.07) is 9.30. The van der Waals surface area contributed by atoms with Crippen molar-refractivity contribution >= 4 is 15.0 Å². The average Bonchev–Trinajstić information content (AvgIpc) is 2.47. The van der Waals surface area contributed by atoms with Crippen LogP contribution in [0.5, 0.6) is 5.75 Å². The van der Waals surface area contributed by atoms with Gasteiger partial charge < -0.3 is 13.8 Å². The fourth-order valence-corrected chi connectivity index (χ4v) is 2.00. The van der Waals surface area contributed by atoms with E-state index in [9.17, 15) is 4.79 Å². The molecular weight excluding hydrogens is 275 g/mol. The van der Waals surface area contributed by atoms with Crippen LogP contribution >= 0.6 is 9.03 Å². The van der Waals surface area contributed by atoms with E-state index >= 15 is 0 Å². The van der Waals surface area contributed by atoms with Crippen molar-refractivity contribution in [2.45, 2.75) is 39.0 Å². The standard InChI is InChI=1S/C15H23O4P/c1-2-3-7-12-17-13-8-11-15(16)19-20-18-14-9-5-4-6-10-14/h4-6,9-10,20H,2-3,7-8,11-13H2,1H3. The molecule has 0 aliphatic rings. The lowest BCUT2D eigenvalue weighted by Gasteiger charge is -2.06. The van der Waals surface area contributed by atoms with E-state index in [1.807, 2.05) is 30.3 Å². The first-order valence-corrected chi connectivity index (χ1v) is 7.89. The van der Waals surface area contributed by atoms with Gasteiger partial charge in [-0.25, -0.2) is 0 Å². The van der Waals surface area contributed by atoms with Gasteiger partial charge in [-0.1, -0.05) is 38.0 Å². The third-order valence-electron chi connectivity index (χ3n) is 2.62. The summed E-state index contributed by atoms with van der Waals surface area (Å²) < 4.78 is 15.7. The van der Waals surface area contributed by atoms with Crippen LogP contribution in [0.2, 0.25) is 0 Å². The lowest BCUT2D eigenvalue weighted by molar-refractivity contribution is -0.134. The van der Waals surface area contributed by atoms with E-state index < -0.39 is 0 Å². The van der Waals surface area contributed by atoms with Crippen molar-refractivity contribution in [2.75, 3.05) is 13.2 Å². The maximum atomic E-state index is 11.4. The Balaban J connectivity index is 1.93. The van der Waals surface area contributed by atoms with Crippen molar-refractivity contribution in [1.82, 2.24) is 0 Å². The first-order chi connectivity index (χ1) is 9.83. The number of ether oxygens (including phenoxy) is 1. The second-order valence-corrected chi connectivity index (χ2v) is 4.97. The van der Waals surface area contributed by atoms with Crippen LogP contribution in [-0.2, 0) is 14.1 Å². The van der Waals surface area contributed by atoms with Gasteiger partial charge in [0, 0.05) is 19.6 Å². The first kappa shape index (κ1) is 16.9. The van der Waals surface area contributed by atoms with Crippen molar-refractivity contribution < 1.29 is 18.6 Å². The number of hydrogen-bond donors (Lipinski definition) is 0. The average molecular weight is 298 g/mol. The molecule has 0 heterocycles. The summed E-state index contributed by atoms with van der Waals surface area (Å²) in [6.07, 6.45) is 4.55. The highest BCUT2D eigenvalue weighted by Crippen LogP contribution is 2.21. The Morgan fingerprint density at radius 2 is 1.85 bits per heavy atom. The number of hydrogen-bond acceptors (Lipinski definition) is 4. The second kappa shape index (κ2) is 11.7. The van der Waals surface area contributed by atoms with Gasteiger partial charge in [0.2, 0.25) is 0 Å². The molecular formula is C15H23O4P. The van der Waals surface area contributed by atoms with Gasteiger partial charge in [-0.2, -0.15) is 0 Å². The molecule has 4 nitrogen and oxygen atoms in total. The Labute approximate surface area is 122 Å². The molecule has 0 aliphatic carbocycles. The smallest absolute Gasteiger partial charge is 0.311 e. The van der Waals surface area contributed by atoms with Crippen LogP contribution in [0.3, 0.4) is 0 Å². The minimum absolute atomic E-state index is 0.239. The van der Waals surface area contributed by atoms with E-state index in [0.29, 0.717) is 25.2 Å². The molecule has 5 heteroatoms. The van der Waals surface area contributed by atoms with Crippen molar-refractivity contribution in [3.8, 4) is 5.75 Å². The first-order valence-electron chi connectivity index (χ1n) is 7.07. The van der Waals surface area contributed by atoms with E-state index in [1.54, 1.807) is 0 Å². The molecule has 0 saturated carbocycles. The molecule has 1 atom stereocenters. The SMILES string of the molecule is CCCCCOCCCC(=O)OPOc1ccccc1. The molecule has 0 N–H and O–H groups in total. The summed E-state index contributed by atoms with van der Waals surface area (Å²) >= 11 is 0. The summed E-state index contributed by atoms with van der Waals surface area (Å²) in [6.45, 7) is 3.55. The van der Waals surface area contributed by atoms with Crippen LogP contribution in [0, 0.1) is 0 Å². The van der Waals surface area contributed by atoms with Crippen LogP contribution < -0.4 is 4.52 Å². The highest BCUT2D eigenvalue weighted by molar-refractivity contribution is 7.27. The number of carbonyl (C=O) groups is 1. The van der Waals surface area contributed by atoms with Crippen molar-refractivity contribution in [3.05, 3.63) is 30.3 Å². The lowest BCUT2D eigenvalue weighted by atomic mass is 10.3. The molecule has 0 fully saturated rings. The van der Waals surface area contributed by atoms with Gasteiger partial charge in [0.25, 0.3) is 9.03 Å². The largest absolute Gasteiger partial charge is 0.441 e. The van der Waals surface area contributed by atoms with Crippen molar-refractivity contribution in [2.24, 2.45) is 0 Å². The third-order valence-corrected chi connectivity index (χ3v) is 3.25. The Kier molecular flexibility index (Phi) is 9.89. The van der Waals surface area contributed by atoms with E-state index in [4.69, 9.17) is 13.8 Å². The Morgan fingerprint density at radius 1 is 1.10 bits per heavy atom. The number of para-hydroxylation sites is 1. The van der Waals surface area contributed by atoms with Gasteiger partial charge in [0.1, 0.15) is 5.75 Å². The quantitative estimate of drug-likeness (QED) is 0.455. The second-order valence-electron chi connectivity index (χ2n) is 4.40. The van der Waals surface area contributed by atoms with Crippen LogP contribution in [0.1, 0.15) is 39.0 Å². The minimum Gasteiger partial charge on any atom is -0.441 e. The fraction of sp³-hybridized carbons (Fsp3) is 0.533. The van der Waals surface area contributed by atoms with Gasteiger partial charge >= 0.3 is 5.97 Å². The Bertz CT molecular complexity index is 356. The predicted octanol–water partition coefficient (Wildman–Crippen LogP) is 4.10. The number of rotatable bonds is 11. The van der Waals surface area contributed by atoms with Gasteiger partial charge in [0.05, 0.1) is 0 Å². The molecule has 20 heavy (non-hydrogen) atoms. The van der Waals surface area contributed by atoms with Gasteiger partial charge in [-0.05, 0) is 25.0 Å². The molecule has 0 spiro atoms. The van der Waals surface area contributed by atoms with E-state index in [2.05, 4.69) is 6.92 Å². The normalized spacial score (nSPS) is 10.8. The van der Waals surface area contributed by atoms with Crippen LogP contribution in [0.4, 0.5) is 0 Å². The minimum atomic E-state index is -0.288. The highest BCUT2D eigenvalue weighted by atomic mass is 31.1. The van der Waals surface area contributed by atoms with Gasteiger partial charge in [-0.3, -0.25) is 4.79 Å². The number of carbonyl (C=O) groups excluding carboxylic acids is 1. The Hall–Kier alpha value is -1.12. The highest BCUT2D eigenvalue weighted by Gasteiger charge is 2.03. The summed E-state index contributed by atoms with van der Waals surface area (Å²) in [4.78, 5) is 11.4. The zero-order valence-corrected chi connectivity index (χ0v) is 13.0. The molecule has 0 saturated heterocycles. The maximum absolute atomic E-state index is 11.4. The fourth-order valence-electron chi connectivity index (χ4n) is 1.53. The molecule has 0 aromatic heterocycles. The molecule has 1 unspecified atom stereocenters. The van der Waals surface area contributed by atoms with E-state index in [1.165, 1.54) is 12.8 Å². The third kappa shape index (κ3) is 8.89. The summed E-state index contributed by atoms with van der Waals surface area (Å²) in [5.41, 5.74) is 0. The van der Waals surface area contributed by atoms with Crippen LogP contribution in [-0.4, -0.2) is 19.2 Å². The summed E-state index contributed by atoms with van der Waals surface area (Å²) in [7, 11) is -0.288. The molecule has 1 rings (SSSR count). The predicted molar refractivity (Wildman–Crippen MR) is 81.1 cm³/mol. The van der Waals surface area contributed by atoms with Crippen LogP contribution in [0.25, 0.3) is 0 Å². The van der Waals surface area contributed by atoms with Crippen molar-refractivity contribution in [3.63, 3.8) is 0 Å². The van der Waals surface area contributed by atoms with Gasteiger partial charge in [-0.15, -0.1) is 0 Å². The van der Waals surface area contributed by atoms with Gasteiger partial charge in [0.15, 0.2) is 0 Å². The summed E-state index contributed by atoms with van der Waals surface area (Å²) in [5.74, 6) is 0.467. The van der Waals surface area contributed by atoms with E-state index in [0.717, 1.165) is 13.0 Å². The topological polar surface area (TPSA) is 44.8 Å². The van der Waals surface area contributed by atoms with Crippen molar-refractivity contribution in [1.29, 1.82) is 0 Å². The molecule has 1 aromatic rings. The molecule has 0 radical (unpaired) electrons. The maximum Gasteiger partial charge on any atom is 0.311 e. The van der Waals surface area contributed by atoms with Crippen LogP contribution in [0.15, 0.2) is 30.3 Å². The lowest BCUT2D eigenvalue weighted by Crippen LogP contribution is -2.03. The summed E-state index contributed by atoms with van der Waals surface area (Å²) in [5, 5.41) is 0. The number of benzene rings is 1. The molecule has 0 bridgehead atoms. The molecule has 0 aliphatic heterocycles. The number of unbranched alkanes of at least 4 members (excludes halogenated alkanes) is 2.